The number of ether oxygens (including phenoxy) is 2. The van der Waals surface area contributed by atoms with Crippen LogP contribution in [-0.2, 0) is 14.9 Å². The van der Waals surface area contributed by atoms with E-state index in [0.29, 0.717) is 23.3 Å². The number of carbonyl (C=O) groups is 1. The Morgan fingerprint density at radius 1 is 0.933 bits per heavy atom. The molecule has 1 atom stereocenters. The second-order valence-electron chi connectivity index (χ2n) is 14.8. The average molecular weight is 617 g/mol. The second kappa shape index (κ2) is 12.7. The molecule has 1 aliphatic carbocycles. The van der Waals surface area contributed by atoms with Crippen molar-refractivity contribution in [3.63, 3.8) is 0 Å². The van der Waals surface area contributed by atoms with E-state index in [1.807, 2.05) is 58.9 Å². The van der Waals surface area contributed by atoms with Gasteiger partial charge in [0, 0.05) is 41.0 Å². The normalized spacial score (nSPS) is 17.5. The van der Waals surface area contributed by atoms with E-state index in [9.17, 15) is 14.3 Å². The Labute approximate surface area is 268 Å². The molecular weight excluding hydrogens is 567 g/mol. The molecule has 1 aliphatic heterocycles. The third-order valence-electron chi connectivity index (χ3n) is 9.71. The molecule has 242 valence electrons. The van der Waals surface area contributed by atoms with Crippen molar-refractivity contribution in [3.8, 4) is 16.9 Å². The third-order valence-corrected chi connectivity index (χ3v) is 9.71. The number of aromatic nitrogens is 1. The topological polar surface area (TPSA) is 71.9 Å². The molecule has 0 radical (unpaired) electrons. The monoisotopic (exact) mass is 616 g/mol. The number of carboxylic acid groups (broad SMARTS) is 1. The van der Waals surface area contributed by atoms with Gasteiger partial charge in [-0.25, -0.2) is 9.18 Å². The molecule has 5 rings (SSSR count). The summed E-state index contributed by atoms with van der Waals surface area (Å²) in [7, 11) is 0. The maximum absolute atomic E-state index is 13.5. The molecule has 0 amide bonds. The van der Waals surface area contributed by atoms with Crippen molar-refractivity contribution in [2.45, 2.75) is 104 Å². The molecule has 1 N–H and O–H groups in total. The molecule has 2 aromatic carbocycles. The number of rotatable bonds is 9. The summed E-state index contributed by atoms with van der Waals surface area (Å²) in [4.78, 5) is 20.1. The Hall–Kier alpha value is -3.45. The minimum absolute atomic E-state index is 0.253. The quantitative estimate of drug-likeness (QED) is 0.259. The van der Waals surface area contributed by atoms with Gasteiger partial charge in [0.1, 0.15) is 11.6 Å². The maximum atomic E-state index is 13.5. The highest BCUT2D eigenvalue weighted by Gasteiger charge is 2.40. The second-order valence-corrected chi connectivity index (χ2v) is 14.8. The van der Waals surface area contributed by atoms with Crippen LogP contribution in [0.2, 0.25) is 0 Å². The van der Waals surface area contributed by atoms with Gasteiger partial charge in [-0.3, -0.25) is 4.98 Å². The lowest BCUT2D eigenvalue weighted by atomic mass is 9.76. The third kappa shape index (κ3) is 7.35. The number of halogens is 1. The van der Waals surface area contributed by atoms with Crippen LogP contribution in [0.1, 0.15) is 102 Å². The average Bonchev–Trinajstić information content (AvgIpc) is 3.43. The molecule has 0 unspecified atom stereocenters. The smallest absolute Gasteiger partial charge is 0.337 e. The Kier molecular flexibility index (Phi) is 9.33. The molecule has 2 heterocycles. The highest BCUT2D eigenvalue weighted by atomic mass is 19.1. The van der Waals surface area contributed by atoms with Gasteiger partial charge in [-0.2, -0.15) is 0 Å². The van der Waals surface area contributed by atoms with Crippen LogP contribution in [0.3, 0.4) is 0 Å². The zero-order chi connectivity index (χ0) is 32.6. The Morgan fingerprint density at radius 3 is 2.09 bits per heavy atom. The zero-order valence-corrected chi connectivity index (χ0v) is 28.0. The van der Waals surface area contributed by atoms with Crippen molar-refractivity contribution < 1.29 is 23.8 Å². The van der Waals surface area contributed by atoms with Gasteiger partial charge in [0.15, 0.2) is 6.10 Å². The lowest BCUT2D eigenvalue weighted by Gasteiger charge is -2.42. The number of piperidine rings is 1. The summed E-state index contributed by atoms with van der Waals surface area (Å²) in [5, 5.41) is 10.5. The molecule has 6 nitrogen and oxygen atoms in total. The molecule has 1 saturated heterocycles. The SMILES string of the molecule is Cc1nc(C)c([C@H](OC(C)(C)C)C(=O)O)c(N2CCC3(CCCC3)CC2)c1-c1ccc(OCC(C)(C)c2ccc(F)cc2)cc1. The highest BCUT2D eigenvalue weighted by Crippen LogP contribution is 2.49. The van der Waals surface area contributed by atoms with Crippen molar-refractivity contribution >= 4 is 11.7 Å². The summed E-state index contributed by atoms with van der Waals surface area (Å²) < 4.78 is 25.9. The fourth-order valence-corrected chi connectivity index (χ4v) is 7.22. The van der Waals surface area contributed by atoms with Crippen LogP contribution >= 0.6 is 0 Å². The van der Waals surface area contributed by atoms with Gasteiger partial charge in [-0.15, -0.1) is 0 Å². The van der Waals surface area contributed by atoms with Gasteiger partial charge in [0.2, 0.25) is 0 Å². The fourth-order valence-electron chi connectivity index (χ4n) is 7.22. The first-order chi connectivity index (χ1) is 21.2. The molecular formula is C38H49FN2O4. The number of anilines is 1. The number of aryl methyl sites for hydroxylation is 2. The molecule has 0 bridgehead atoms. The molecule has 45 heavy (non-hydrogen) atoms. The molecule has 3 aromatic rings. The summed E-state index contributed by atoms with van der Waals surface area (Å²) in [6.07, 6.45) is 6.27. The Bertz CT molecular complexity index is 1490. The number of hydrogen-bond acceptors (Lipinski definition) is 5. The Balaban J connectivity index is 1.51. The van der Waals surface area contributed by atoms with E-state index in [1.165, 1.54) is 37.8 Å². The van der Waals surface area contributed by atoms with Gasteiger partial charge >= 0.3 is 5.97 Å². The number of carboxylic acids is 1. The lowest BCUT2D eigenvalue weighted by Crippen LogP contribution is -2.40. The van der Waals surface area contributed by atoms with Crippen LogP contribution in [0.25, 0.3) is 11.1 Å². The predicted molar refractivity (Wildman–Crippen MR) is 178 cm³/mol. The van der Waals surface area contributed by atoms with Crippen molar-refractivity contribution in [3.05, 3.63) is 76.9 Å². The zero-order valence-electron chi connectivity index (χ0n) is 28.0. The van der Waals surface area contributed by atoms with E-state index in [-0.39, 0.29) is 11.2 Å². The predicted octanol–water partition coefficient (Wildman–Crippen LogP) is 8.96. The van der Waals surface area contributed by atoms with Gasteiger partial charge < -0.3 is 19.5 Å². The minimum atomic E-state index is -1.15. The number of aliphatic carboxylic acids is 1. The molecule has 7 heteroatoms. The van der Waals surface area contributed by atoms with Crippen LogP contribution in [0, 0.1) is 25.1 Å². The number of nitrogens with zero attached hydrogens (tertiary/aromatic N) is 2. The van der Waals surface area contributed by atoms with Gasteiger partial charge in [0.25, 0.3) is 0 Å². The standard InChI is InChI=1S/C38H49FN2O4/c1-25-31(27-10-16-30(17-11-27)44-24-37(6,7)28-12-14-29(39)15-13-28)33(41-22-20-38(21-23-41)18-8-9-19-38)32(26(2)40-25)34(35(42)43)45-36(3,4)5/h10-17,34H,8-9,18-24H2,1-7H3,(H,42,43)/t34-/m0/s1. The van der Waals surface area contributed by atoms with Crippen molar-refractivity contribution in [2.24, 2.45) is 5.41 Å². The van der Waals surface area contributed by atoms with Gasteiger partial charge in [-0.1, -0.05) is 51.0 Å². The molecule has 2 fully saturated rings. The van der Waals surface area contributed by atoms with Gasteiger partial charge in [-0.05, 0) is 101 Å². The summed E-state index contributed by atoms with van der Waals surface area (Å²) >= 11 is 0. The van der Waals surface area contributed by atoms with E-state index in [2.05, 4.69) is 18.7 Å². The van der Waals surface area contributed by atoms with E-state index < -0.39 is 17.7 Å². The summed E-state index contributed by atoms with van der Waals surface area (Å²) in [6, 6.07) is 14.6. The summed E-state index contributed by atoms with van der Waals surface area (Å²) in [5.74, 6) is -0.534. The number of pyridine rings is 1. The highest BCUT2D eigenvalue weighted by molar-refractivity contribution is 5.88. The van der Waals surface area contributed by atoms with E-state index in [1.54, 1.807) is 12.1 Å². The van der Waals surface area contributed by atoms with Crippen LogP contribution in [0.5, 0.6) is 5.75 Å². The first kappa shape index (κ1) is 32.9. The van der Waals surface area contributed by atoms with Gasteiger partial charge in [0.05, 0.1) is 17.9 Å². The van der Waals surface area contributed by atoms with Crippen LogP contribution in [-0.4, -0.2) is 41.4 Å². The van der Waals surface area contributed by atoms with Crippen molar-refractivity contribution in [1.29, 1.82) is 0 Å². The largest absolute Gasteiger partial charge is 0.493 e. The molecule has 1 spiro atoms. The van der Waals surface area contributed by atoms with E-state index >= 15 is 0 Å². The molecule has 1 aromatic heterocycles. The molecule has 1 saturated carbocycles. The first-order valence-corrected chi connectivity index (χ1v) is 16.3. The van der Waals surface area contributed by atoms with E-state index in [4.69, 9.17) is 14.5 Å². The summed E-state index contributed by atoms with van der Waals surface area (Å²) in [6.45, 7) is 15.9. The van der Waals surface area contributed by atoms with Crippen molar-refractivity contribution in [1.82, 2.24) is 4.98 Å². The number of benzene rings is 2. The van der Waals surface area contributed by atoms with Crippen molar-refractivity contribution in [2.75, 3.05) is 24.6 Å². The maximum Gasteiger partial charge on any atom is 0.337 e. The summed E-state index contributed by atoms with van der Waals surface area (Å²) in [5.41, 5.74) is 5.47. The Morgan fingerprint density at radius 2 is 1.53 bits per heavy atom. The minimum Gasteiger partial charge on any atom is -0.493 e. The lowest BCUT2D eigenvalue weighted by molar-refractivity contribution is -0.160. The van der Waals surface area contributed by atoms with Crippen LogP contribution < -0.4 is 9.64 Å². The fraction of sp³-hybridized carbons (Fsp3) is 0.526. The van der Waals surface area contributed by atoms with Crippen LogP contribution in [0.4, 0.5) is 10.1 Å². The van der Waals surface area contributed by atoms with E-state index in [0.717, 1.165) is 59.8 Å². The first-order valence-electron chi connectivity index (χ1n) is 16.3. The molecule has 2 aliphatic rings. The van der Waals surface area contributed by atoms with Crippen LogP contribution in [0.15, 0.2) is 48.5 Å². The number of hydrogen-bond donors (Lipinski definition) is 1.